The average molecular weight is 332 g/mol. The van der Waals surface area contributed by atoms with Crippen molar-refractivity contribution in [3.05, 3.63) is 16.8 Å². The lowest BCUT2D eigenvalue weighted by Gasteiger charge is -2.10. The van der Waals surface area contributed by atoms with Crippen molar-refractivity contribution in [3.8, 4) is 0 Å². The van der Waals surface area contributed by atoms with Crippen LogP contribution in [0.5, 0.6) is 0 Å². The predicted octanol–water partition coefficient (Wildman–Crippen LogP) is 3.14. The largest absolute Gasteiger partial charge is 0.360 e. The van der Waals surface area contributed by atoms with E-state index in [0.29, 0.717) is 11.8 Å². The van der Waals surface area contributed by atoms with Crippen molar-refractivity contribution in [2.24, 2.45) is 11.8 Å². The minimum absolute atomic E-state index is 0.0296. The van der Waals surface area contributed by atoms with Crippen molar-refractivity contribution in [2.75, 3.05) is 18.4 Å². The molecule has 0 aliphatic heterocycles. The number of rotatable bonds is 7. The van der Waals surface area contributed by atoms with Crippen LogP contribution >= 0.6 is 11.3 Å². The third-order valence-electron chi connectivity index (χ3n) is 3.95. The number of anilines is 1. The zero-order valence-electron chi connectivity index (χ0n) is 14.0. The Labute approximate surface area is 140 Å². The van der Waals surface area contributed by atoms with E-state index in [-0.39, 0.29) is 12.5 Å². The summed E-state index contributed by atoms with van der Waals surface area (Å²) in [5.74, 6) is 2.81. The summed E-state index contributed by atoms with van der Waals surface area (Å²) < 4.78 is 0. The van der Waals surface area contributed by atoms with Crippen LogP contribution in [0.4, 0.5) is 5.82 Å². The molecule has 0 aromatic carbocycles. The molecule has 0 bridgehead atoms. The highest BCUT2D eigenvalue weighted by Gasteiger charge is 2.21. The minimum Gasteiger partial charge on any atom is -0.360 e. The number of aromatic nitrogens is 2. The summed E-state index contributed by atoms with van der Waals surface area (Å²) in [5.41, 5.74) is 1.26. The van der Waals surface area contributed by atoms with Crippen LogP contribution in [0.25, 0.3) is 10.2 Å². The monoisotopic (exact) mass is 332 g/mol. The number of amides is 1. The molecule has 1 fully saturated rings. The molecule has 1 amide bonds. The molecular formula is C17H24N4OS. The Morgan fingerprint density at radius 2 is 2.17 bits per heavy atom. The third kappa shape index (κ3) is 4.19. The number of hydrogen-bond donors (Lipinski definition) is 2. The second-order valence-electron chi connectivity index (χ2n) is 6.76. The molecule has 0 radical (unpaired) electrons. The first-order valence-electron chi connectivity index (χ1n) is 8.28. The fraction of sp³-hybridized carbons (Fsp3) is 0.588. The van der Waals surface area contributed by atoms with Gasteiger partial charge in [0.15, 0.2) is 0 Å². The van der Waals surface area contributed by atoms with Gasteiger partial charge in [-0.2, -0.15) is 0 Å². The second kappa shape index (κ2) is 6.83. The Hall–Kier alpha value is -1.69. The lowest BCUT2D eigenvalue weighted by atomic mass is 10.0. The zero-order chi connectivity index (χ0) is 16.4. The Morgan fingerprint density at radius 1 is 1.39 bits per heavy atom. The molecule has 0 spiro atoms. The quantitative estimate of drug-likeness (QED) is 0.817. The number of fused-ring (bicyclic) bond motifs is 1. The van der Waals surface area contributed by atoms with Crippen molar-refractivity contribution in [3.63, 3.8) is 0 Å². The predicted molar refractivity (Wildman–Crippen MR) is 94.9 cm³/mol. The van der Waals surface area contributed by atoms with Gasteiger partial charge in [0.1, 0.15) is 16.5 Å². The fourth-order valence-corrected chi connectivity index (χ4v) is 3.63. The van der Waals surface area contributed by atoms with E-state index in [1.807, 2.05) is 6.92 Å². The zero-order valence-corrected chi connectivity index (χ0v) is 14.8. The number of carbonyl (C=O) groups excluding carboxylic acids is 1. The summed E-state index contributed by atoms with van der Waals surface area (Å²) in [6, 6.07) is 0. The highest BCUT2D eigenvalue weighted by Crippen LogP contribution is 2.31. The van der Waals surface area contributed by atoms with Gasteiger partial charge in [-0.1, -0.05) is 13.8 Å². The summed E-state index contributed by atoms with van der Waals surface area (Å²) in [4.78, 5) is 22.0. The van der Waals surface area contributed by atoms with Crippen LogP contribution in [0.3, 0.4) is 0 Å². The first kappa shape index (κ1) is 16.2. The van der Waals surface area contributed by atoms with E-state index in [2.05, 4.69) is 39.8 Å². The SMILES string of the molecule is Cc1nc(NCC(=O)NCC2CC2)c2c(CC(C)C)csc2n1. The number of aryl methyl sites for hydroxylation is 1. The smallest absolute Gasteiger partial charge is 0.239 e. The molecule has 1 aliphatic carbocycles. The molecule has 0 unspecified atom stereocenters. The van der Waals surface area contributed by atoms with Gasteiger partial charge in [0.05, 0.1) is 11.9 Å². The van der Waals surface area contributed by atoms with Crippen LogP contribution in [0.15, 0.2) is 5.38 Å². The lowest BCUT2D eigenvalue weighted by molar-refractivity contribution is -0.119. The number of thiophene rings is 1. The van der Waals surface area contributed by atoms with Crippen LogP contribution in [0, 0.1) is 18.8 Å². The molecule has 3 rings (SSSR count). The Morgan fingerprint density at radius 3 is 2.87 bits per heavy atom. The standard InChI is InChI=1S/C17H24N4OS/c1-10(2)6-13-9-23-17-15(13)16(20-11(3)21-17)19-8-14(22)18-7-12-4-5-12/h9-10,12H,4-8H2,1-3H3,(H,18,22)(H,19,20,21). The number of nitrogens with one attached hydrogen (secondary N) is 2. The summed E-state index contributed by atoms with van der Waals surface area (Å²) in [6.45, 7) is 7.36. The van der Waals surface area contributed by atoms with E-state index >= 15 is 0 Å². The Balaban J connectivity index is 1.74. The van der Waals surface area contributed by atoms with Gasteiger partial charge < -0.3 is 10.6 Å². The molecule has 124 valence electrons. The Kier molecular flexibility index (Phi) is 4.80. The molecule has 2 aromatic heterocycles. The summed E-state index contributed by atoms with van der Waals surface area (Å²) in [5, 5.41) is 9.43. The molecule has 2 N–H and O–H groups in total. The maximum atomic E-state index is 12.0. The van der Waals surface area contributed by atoms with E-state index in [4.69, 9.17) is 0 Å². The first-order valence-corrected chi connectivity index (χ1v) is 9.16. The van der Waals surface area contributed by atoms with Crippen LogP contribution < -0.4 is 10.6 Å². The van der Waals surface area contributed by atoms with Gasteiger partial charge in [-0.05, 0) is 49.0 Å². The summed E-state index contributed by atoms with van der Waals surface area (Å²) in [7, 11) is 0. The maximum Gasteiger partial charge on any atom is 0.239 e. The Bertz CT molecular complexity index is 706. The van der Waals surface area contributed by atoms with Crippen molar-refractivity contribution >= 4 is 33.3 Å². The normalized spacial score (nSPS) is 14.4. The second-order valence-corrected chi connectivity index (χ2v) is 7.62. The van der Waals surface area contributed by atoms with Gasteiger partial charge in [-0.15, -0.1) is 11.3 Å². The fourth-order valence-electron chi connectivity index (χ4n) is 2.63. The van der Waals surface area contributed by atoms with Gasteiger partial charge in [-0.25, -0.2) is 9.97 Å². The van der Waals surface area contributed by atoms with E-state index in [1.54, 1.807) is 11.3 Å². The molecule has 1 aliphatic rings. The number of hydrogen-bond acceptors (Lipinski definition) is 5. The van der Waals surface area contributed by atoms with Crippen molar-refractivity contribution < 1.29 is 4.79 Å². The number of carbonyl (C=O) groups is 1. The molecule has 2 heterocycles. The van der Waals surface area contributed by atoms with Gasteiger partial charge in [-0.3, -0.25) is 4.79 Å². The molecule has 23 heavy (non-hydrogen) atoms. The summed E-state index contributed by atoms with van der Waals surface area (Å²) >= 11 is 1.65. The minimum atomic E-state index is 0.0296. The molecule has 6 heteroatoms. The molecule has 0 atom stereocenters. The first-order chi connectivity index (χ1) is 11.0. The number of nitrogens with zero attached hydrogens (tertiary/aromatic N) is 2. The van der Waals surface area contributed by atoms with E-state index in [1.165, 1.54) is 18.4 Å². The van der Waals surface area contributed by atoms with Gasteiger partial charge >= 0.3 is 0 Å². The molecule has 0 saturated heterocycles. The van der Waals surface area contributed by atoms with Crippen LogP contribution in [0.2, 0.25) is 0 Å². The van der Waals surface area contributed by atoms with Crippen LogP contribution in [-0.2, 0) is 11.2 Å². The van der Waals surface area contributed by atoms with E-state index < -0.39 is 0 Å². The maximum absolute atomic E-state index is 12.0. The lowest BCUT2D eigenvalue weighted by Crippen LogP contribution is -2.31. The highest BCUT2D eigenvalue weighted by molar-refractivity contribution is 7.17. The topological polar surface area (TPSA) is 66.9 Å². The van der Waals surface area contributed by atoms with Gasteiger partial charge in [0, 0.05) is 6.54 Å². The van der Waals surface area contributed by atoms with Crippen LogP contribution in [-0.4, -0.2) is 29.0 Å². The third-order valence-corrected chi connectivity index (χ3v) is 4.87. The summed E-state index contributed by atoms with van der Waals surface area (Å²) in [6.07, 6.45) is 3.48. The van der Waals surface area contributed by atoms with E-state index in [0.717, 1.165) is 34.8 Å². The highest BCUT2D eigenvalue weighted by atomic mass is 32.1. The van der Waals surface area contributed by atoms with Gasteiger partial charge in [0.2, 0.25) is 5.91 Å². The van der Waals surface area contributed by atoms with Crippen molar-refractivity contribution in [1.29, 1.82) is 0 Å². The molecule has 2 aromatic rings. The molecule has 1 saturated carbocycles. The molecule has 5 nitrogen and oxygen atoms in total. The molecular weight excluding hydrogens is 308 g/mol. The van der Waals surface area contributed by atoms with E-state index in [9.17, 15) is 4.79 Å². The van der Waals surface area contributed by atoms with Gasteiger partial charge in [0.25, 0.3) is 0 Å². The van der Waals surface area contributed by atoms with Crippen molar-refractivity contribution in [2.45, 2.75) is 40.0 Å². The average Bonchev–Trinajstić information content (AvgIpc) is 3.24. The van der Waals surface area contributed by atoms with Crippen LogP contribution in [0.1, 0.15) is 38.1 Å². The van der Waals surface area contributed by atoms with Crippen molar-refractivity contribution in [1.82, 2.24) is 15.3 Å².